The second-order valence-corrected chi connectivity index (χ2v) is 9.70. The minimum Gasteiger partial charge on any atom is -0.286 e. The quantitative estimate of drug-likeness (QED) is 0.425. The van der Waals surface area contributed by atoms with E-state index in [0.717, 1.165) is 36.3 Å². The fourth-order valence-electron chi connectivity index (χ4n) is 2.56. The Morgan fingerprint density at radius 3 is 2.30 bits per heavy atom. The van der Waals surface area contributed by atoms with Crippen LogP contribution in [0.5, 0.6) is 0 Å². The molecule has 0 aromatic rings. The van der Waals surface area contributed by atoms with Crippen molar-refractivity contribution in [3.8, 4) is 0 Å². The molecule has 20 heavy (non-hydrogen) atoms. The second-order valence-electron chi connectivity index (χ2n) is 5.56. The van der Waals surface area contributed by atoms with Crippen molar-refractivity contribution in [2.24, 2.45) is 0 Å². The lowest BCUT2D eigenvalue weighted by Gasteiger charge is -2.33. The van der Waals surface area contributed by atoms with Crippen molar-refractivity contribution < 1.29 is 8.42 Å². The maximum absolute atomic E-state index is 11.8. The van der Waals surface area contributed by atoms with Gasteiger partial charge < -0.3 is 0 Å². The lowest BCUT2D eigenvalue weighted by molar-refractivity contribution is 0.263. The minimum absolute atomic E-state index is 0.250. The predicted molar refractivity (Wildman–Crippen MR) is 93.6 cm³/mol. The molecule has 1 atom stereocenters. The maximum Gasteiger partial charge on any atom is 0.164 e. The molecule has 0 radical (unpaired) electrons. The summed E-state index contributed by atoms with van der Waals surface area (Å²) in [5.41, 5.74) is 0. The van der Waals surface area contributed by atoms with Gasteiger partial charge in [0.1, 0.15) is 5.37 Å². The van der Waals surface area contributed by atoms with Crippen LogP contribution >= 0.6 is 27.7 Å². The average molecular weight is 386 g/mol. The van der Waals surface area contributed by atoms with Crippen molar-refractivity contribution in [2.75, 3.05) is 36.2 Å². The number of halogens is 1. The van der Waals surface area contributed by atoms with Crippen molar-refractivity contribution >= 4 is 37.5 Å². The Morgan fingerprint density at radius 2 is 1.70 bits per heavy atom. The van der Waals surface area contributed by atoms with Crippen LogP contribution in [0, 0.1) is 0 Å². The summed E-state index contributed by atoms with van der Waals surface area (Å²) in [7, 11) is -2.93. The van der Waals surface area contributed by atoms with Gasteiger partial charge in [0, 0.05) is 29.6 Å². The third-order valence-electron chi connectivity index (χ3n) is 3.76. The topological polar surface area (TPSA) is 37.4 Å². The standard InChI is InChI=1S/C14H28BrNO2S2/c1-20(17,18)14-13-19-12-11-16(14)10-8-6-4-2-3-5-7-9-15/h14H,2-13H2,1H3. The van der Waals surface area contributed by atoms with Crippen molar-refractivity contribution in [1.82, 2.24) is 4.90 Å². The summed E-state index contributed by atoms with van der Waals surface area (Å²) in [4.78, 5) is 2.18. The van der Waals surface area contributed by atoms with E-state index in [1.54, 1.807) is 11.8 Å². The zero-order valence-electron chi connectivity index (χ0n) is 12.5. The Labute approximate surface area is 137 Å². The molecule has 1 aliphatic heterocycles. The molecule has 1 fully saturated rings. The number of sulfone groups is 1. The molecule has 0 N–H and O–H groups in total. The van der Waals surface area contributed by atoms with E-state index in [2.05, 4.69) is 20.8 Å². The van der Waals surface area contributed by atoms with Crippen LogP contribution in [0.25, 0.3) is 0 Å². The molecule has 3 nitrogen and oxygen atoms in total. The van der Waals surface area contributed by atoms with E-state index in [1.165, 1.54) is 44.8 Å². The minimum atomic E-state index is -2.93. The van der Waals surface area contributed by atoms with Gasteiger partial charge in [-0.05, 0) is 19.4 Å². The number of hydrogen-bond donors (Lipinski definition) is 0. The van der Waals surface area contributed by atoms with Gasteiger partial charge in [-0.1, -0.05) is 48.0 Å². The first kappa shape index (κ1) is 18.8. The molecule has 1 unspecified atom stereocenters. The van der Waals surface area contributed by atoms with Crippen molar-refractivity contribution in [1.29, 1.82) is 0 Å². The van der Waals surface area contributed by atoms with Crippen LogP contribution in [0.1, 0.15) is 44.9 Å². The number of alkyl halides is 1. The first-order valence-electron chi connectivity index (χ1n) is 7.62. The molecule has 0 spiro atoms. The van der Waals surface area contributed by atoms with Crippen LogP contribution < -0.4 is 0 Å². The molecule has 6 heteroatoms. The van der Waals surface area contributed by atoms with Gasteiger partial charge in [0.2, 0.25) is 0 Å². The Kier molecular flexibility index (Phi) is 9.83. The predicted octanol–water partition coefficient (Wildman–Crippen LogP) is 3.53. The molecular weight excluding hydrogens is 358 g/mol. The first-order chi connectivity index (χ1) is 9.55. The Hall–Kier alpha value is 0.740. The van der Waals surface area contributed by atoms with Crippen LogP contribution in [0.15, 0.2) is 0 Å². The zero-order valence-corrected chi connectivity index (χ0v) is 15.7. The van der Waals surface area contributed by atoms with Gasteiger partial charge in [-0.15, -0.1) is 0 Å². The number of rotatable bonds is 10. The molecule has 0 bridgehead atoms. The van der Waals surface area contributed by atoms with Crippen LogP contribution in [-0.4, -0.2) is 54.9 Å². The van der Waals surface area contributed by atoms with Crippen molar-refractivity contribution in [3.63, 3.8) is 0 Å². The molecule has 120 valence electrons. The van der Waals surface area contributed by atoms with Crippen LogP contribution in [0.3, 0.4) is 0 Å². The highest BCUT2D eigenvalue weighted by Crippen LogP contribution is 2.21. The Bertz CT molecular complexity index is 349. The summed E-state index contributed by atoms with van der Waals surface area (Å²) in [6.07, 6.45) is 10.3. The molecule has 0 saturated carbocycles. The number of thioether (sulfide) groups is 1. The fraction of sp³-hybridized carbons (Fsp3) is 1.00. The SMILES string of the molecule is CS(=O)(=O)C1CSCCN1CCCCCCCCCBr. The van der Waals surface area contributed by atoms with Gasteiger partial charge in [0.25, 0.3) is 0 Å². The van der Waals surface area contributed by atoms with Gasteiger partial charge >= 0.3 is 0 Å². The van der Waals surface area contributed by atoms with Gasteiger partial charge in [-0.25, -0.2) is 8.42 Å². The van der Waals surface area contributed by atoms with Crippen molar-refractivity contribution in [3.05, 3.63) is 0 Å². The van der Waals surface area contributed by atoms with E-state index in [0.29, 0.717) is 0 Å². The largest absolute Gasteiger partial charge is 0.286 e. The van der Waals surface area contributed by atoms with Crippen molar-refractivity contribution in [2.45, 2.75) is 50.3 Å². The number of unbranched alkanes of at least 4 members (excludes halogenated alkanes) is 6. The first-order valence-corrected chi connectivity index (χ1v) is 11.9. The molecular formula is C14H28BrNO2S2. The molecule has 0 aromatic carbocycles. The van der Waals surface area contributed by atoms with Gasteiger partial charge in [-0.2, -0.15) is 11.8 Å². The third-order valence-corrected chi connectivity index (χ3v) is 7.01. The summed E-state index contributed by atoms with van der Waals surface area (Å²) in [5.74, 6) is 1.81. The average Bonchev–Trinajstić information content (AvgIpc) is 2.41. The normalized spacial score (nSPS) is 21.2. The summed E-state index contributed by atoms with van der Waals surface area (Å²) in [5, 5.41) is 0.868. The maximum atomic E-state index is 11.8. The summed E-state index contributed by atoms with van der Waals surface area (Å²) in [6.45, 7) is 1.87. The van der Waals surface area contributed by atoms with E-state index in [1.807, 2.05) is 0 Å². The monoisotopic (exact) mass is 385 g/mol. The van der Waals surface area contributed by atoms with Crippen LogP contribution in [0.4, 0.5) is 0 Å². The van der Waals surface area contributed by atoms with Crippen LogP contribution in [0.2, 0.25) is 0 Å². The summed E-state index contributed by atoms with van der Waals surface area (Å²) in [6, 6.07) is 0. The smallest absolute Gasteiger partial charge is 0.164 e. The van der Waals surface area contributed by atoms with E-state index in [4.69, 9.17) is 0 Å². The number of hydrogen-bond acceptors (Lipinski definition) is 4. The van der Waals surface area contributed by atoms with Gasteiger partial charge in [0.15, 0.2) is 9.84 Å². The fourth-order valence-corrected chi connectivity index (χ4v) is 5.93. The summed E-state index contributed by atoms with van der Waals surface area (Å²) >= 11 is 5.22. The highest BCUT2D eigenvalue weighted by molar-refractivity contribution is 9.09. The highest BCUT2D eigenvalue weighted by atomic mass is 79.9. The molecule has 0 aliphatic carbocycles. The molecule has 1 heterocycles. The second kappa shape index (κ2) is 10.5. The molecule has 1 aliphatic rings. The summed E-state index contributed by atoms with van der Waals surface area (Å²) < 4.78 is 23.5. The van der Waals surface area contributed by atoms with E-state index in [9.17, 15) is 8.42 Å². The molecule has 1 rings (SSSR count). The van der Waals surface area contributed by atoms with Crippen LogP contribution in [-0.2, 0) is 9.84 Å². The Balaban J connectivity index is 2.13. The van der Waals surface area contributed by atoms with E-state index in [-0.39, 0.29) is 5.37 Å². The Morgan fingerprint density at radius 1 is 1.10 bits per heavy atom. The highest BCUT2D eigenvalue weighted by Gasteiger charge is 2.30. The van der Waals surface area contributed by atoms with Gasteiger partial charge in [0.05, 0.1) is 0 Å². The molecule has 0 amide bonds. The lowest BCUT2D eigenvalue weighted by atomic mass is 10.1. The molecule has 0 aromatic heterocycles. The molecule has 1 saturated heterocycles. The zero-order chi connectivity index (χ0) is 14.8. The number of nitrogens with zero attached hydrogens (tertiary/aromatic N) is 1. The van der Waals surface area contributed by atoms with E-state index < -0.39 is 9.84 Å². The van der Waals surface area contributed by atoms with Gasteiger partial charge in [-0.3, -0.25) is 4.90 Å². The lowest BCUT2D eigenvalue weighted by Crippen LogP contribution is -2.47. The van der Waals surface area contributed by atoms with E-state index >= 15 is 0 Å². The third kappa shape index (κ3) is 7.66.